The first kappa shape index (κ1) is 20.0. The number of hydrogen-bond donors (Lipinski definition) is 1. The van der Waals surface area contributed by atoms with E-state index in [0.29, 0.717) is 13.1 Å². The average Bonchev–Trinajstić information content (AvgIpc) is 3.10. The number of rotatable bonds is 7. The number of anilines is 1. The lowest BCUT2D eigenvalue weighted by molar-refractivity contribution is 0.214. The van der Waals surface area contributed by atoms with Gasteiger partial charge in [0.1, 0.15) is 0 Å². The highest BCUT2D eigenvalue weighted by Gasteiger charge is 2.16. The number of hydrogen-bond acceptors (Lipinski definition) is 1. The van der Waals surface area contributed by atoms with Crippen LogP contribution in [0.15, 0.2) is 84.0 Å². The van der Waals surface area contributed by atoms with Gasteiger partial charge < -0.3 is 14.8 Å². The van der Waals surface area contributed by atoms with Gasteiger partial charge in [0, 0.05) is 29.5 Å². The van der Waals surface area contributed by atoms with E-state index < -0.39 is 0 Å². The third kappa shape index (κ3) is 5.14. The fourth-order valence-corrected chi connectivity index (χ4v) is 3.47. The monoisotopic (exact) mass is 437 g/mol. The van der Waals surface area contributed by atoms with Crippen LogP contribution in [-0.4, -0.2) is 22.0 Å². The third-order valence-corrected chi connectivity index (χ3v) is 5.16. The molecule has 1 heterocycles. The number of para-hydroxylation sites is 1. The van der Waals surface area contributed by atoms with E-state index in [1.165, 1.54) is 11.1 Å². The van der Waals surface area contributed by atoms with Crippen LogP contribution in [0, 0.1) is 6.92 Å². The molecule has 1 N–H and O–H groups in total. The average molecular weight is 438 g/mol. The quantitative estimate of drug-likeness (QED) is 0.464. The molecule has 0 saturated heterocycles. The van der Waals surface area contributed by atoms with Crippen LogP contribution < -0.4 is 5.32 Å². The second-order valence-corrected chi connectivity index (χ2v) is 7.55. The molecule has 0 aliphatic carbocycles. The molecule has 0 bridgehead atoms. The molecule has 4 nitrogen and oxygen atoms in total. The van der Waals surface area contributed by atoms with Crippen molar-refractivity contribution in [3.05, 3.63) is 101 Å². The van der Waals surface area contributed by atoms with Crippen LogP contribution in [0.5, 0.6) is 0 Å². The standard InChI is InChI=1S/C23H24BrN3O/c1-3-13-27(23(28)25-22-12-5-4-11-21(22)24)17-20-10-7-14-26(20)16-19-9-6-8-18(2)15-19/h3-12,14-15H,1,13,16-17H2,2H3,(H,25,28). The maximum atomic E-state index is 12.8. The number of urea groups is 1. The Morgan fingerprint density at radius 3 is 2.75 bits per heavy atom. The summed E-state index contributed by atoms with van der Waals surface area (Å²) in [5.74, 6) is 0. The van der Waals surface area contributed by atoms with Crippen LogP contribution in [0.1, 0.15) is 16.8 Å². The summed E-state index contributed by atoms with van der Waals surface area (Å²) in [5, 5.41) is 2.97. The highest BCUT2D eigenvalue weighted by molar-refractivity contribution is 9.10. The van der Waals surface area contributed by atoms with Crippen molar-refractivity contribution in [2.45, 2.75) is 20.0 Å². The van der Waals surface area contributed by atoms with E-state index in [-0.39, 0.29) is 6.03 Å². The molecular formula is C23H24BrN3O. The van der Waals surface area contributed by atoms with Crippen LogP contribution in [0.4, 0.5) is 10.5 Å². The minimum Gasteiger partial charge on any atom is -0.345 e. The van der Waals surface area contributed by atoms with Crippen LogP contribution >= 0.6 is 15.9 Å². The fraction of sp³-hybridized carbons (Fsp3) is 0.174. The molecule has 0 aliphatic heterocycles. The van der Waals surface area contributed by atoms with Crippen molar-refractivity contribution in [3.63, 3.8) is 0 Å². The Morgan fingerprint density at radius 2 is 2.00 bits per heavy atom. The van der Waals surface area contributed by atoms with Gasteiger partial charge in [0.25, 0.3) is 0 Å². The second kappa shape index (κ2) is 9.42. The molecule has 3 rings (SSSR count). The Morgan fingerprint density at radius 1 is 1.18 bits per heavy atom. The third-order valence-electron chi connectivity index (χ3n) is 4.46. The lowest BCUT2D eigenvalue weighted by atomic mass is 10.1. The number of carbonyl (C=O) groups excluding carboxylic acids is 1. The highest BCUT2D eigenvalue weighted by atomic mass is 79.9. The molecule has 5 heteroatoms. The number of halogens is 1. The second-order valence-electron chi connectivity index (χ2n) is 6.70. The van der Waals surface area contributed by atoms with Gasteiger partial charge in [-0.05, 0) is 52.7 Å². The number of carbonyl (C=O) groups is 1. The van der Waals surface area contributed by atoms with Crippen molar-refractivity contribution < 1.29 is 4.79 Å². The predicted octanol–water partition coefficient (Wildman–Crippen LogP) is 5.83. The zero-order valence-corrected chi connectivity index (χ0v) is 17.5. The minimum atomic E-state index is -0.157. The first-order chi connectivity index (χ1) is 13.6. The van der Waals surface area contributed by atoms with Gasteiger partial charge in [0.05, 0.1) is 12.2 Å². The number of benzene rings is 2. The molecule has 0 aliphatic rings. The van der Waals surface area contributed by atoms with Gasteiger partial charge in [0.2, 0.25) is 0 Å². The van der Waals surface area contributed by atoms with Crippen molar-refractivity contribution >= 4 is 27.6 Å². The van der Waals surface area contributed by atoms with E-state index in [1.807, 2.05) is 30.3 Å². The number of amides is 2. The minimum absolute atomic E-state index is 0.157. The molecule has 3 aromatic rings. The molecule has 2 aromatic carbocycles. The molecule has 1 aromatic heterocycles. The smallest absolute Gasteiger partial charge is 0.322 e. The Bertz CT molecular complexity index is 964. The van der Waals surface area contributed by atoms with Crippen molar-refractivity contribution in [2.75, 3.05) is 11.9 Å². The maximum Gasteiger partial charge on any atom is 0.322 e. The van der Waals surface area contributed by atoms with E-state index in [4.69, 9.17) is 0 Å². The Hall–Kier alpha value is -2.79. The Labute approximate surface area is 174 Å². The highest BCUT2D eigenvalue weighted by Crippen LogP contribution is 2.22. The first-order valence-corrected chi connectivity index (χ1v) is 9.97. The molecule has 0 atom stereocenters. The van der Waals surface area contributed by atoms with Gasteiger partial charge in [-0.3, -0.25) is 0 Å². The van der Waals surface area contributed by atoms with Gasteiger partial charge in [0.15, 0.2) is 0 Å². The molecule has 2 amide bonds. The predicted molar refractivity (Wildman–Crippen MR) is 118 cm³/mol. The largest absolute Gasteiger partial charge is 0.345 e. The molecule has 0 radical (unpaired) electrons. The van der Waals surface area contributed by atoms with Crippen molar-refractivity contribution in [1.82, 2.24) is 9.47 Å². The van der Waals surface area contributed by atoms with E-state index in [2.05, 4.69) is 75.8 Å². The molecule has 0 saturated carbocycles. The van der Waals surface area contributed by atoms with Gasteiger partial charge >= 0.3 is 6.03 Å². The van der Waals surface area contributed by atoms with Crippen LogP contribution in [0.2, 0.25) is 0 Å². The number of nitrogens with one attached hydrogen (secondary N) is 1. The van der Waals surface area contributed by atoms with Gasteiger partial charge in [-0.2, -0.15) is 0 Å². The van der Waals surface area contributed by atoms with E-state index in [9.17, 15) is 4.79 Å². The Balaban J connectivity index is 1.74. The summed E-state index contributed by atoms with van der Waals surface area (Å²) in [6, 6.07) is 20.0. The first-order valence-electron chi connectivity index (χ1n) is 9.17. The molecule has 0 spiro atoms. The molecule has 144 valence electrons. The summed E-state index contributed by atoms with van der Waals surface area (Å²) in [4.78, 5) is 14.6. The SMILES string of the molecule is C=CCN(Cc1cccn1Cc1cccc(C)c1)C(=O)Nc1ccccc1Br. The summed E-state index contributed by atoms with van der Waals surface area (Å²) in [5.41, 5.74) is 4.31. The number of aromatic nitrogens is 1. The summed E-state index contributed by atoms with van der Waals surface area (Å²) in [7, 11) is 0. The molecule has 28 heavy (non-hydrogen) atoms. The van der Waals surface area contributed by atoms with Gasteiger partial charge in [-0.25, -0.2) is 4.79 Å². The van der Waals surface area contributed by atoms with E-state index in [0.717, 1.165) is 22.4 Å². The molecular weight excluding hydrogens is 414 g/mol. The van der Waals surface area contributed by atoms with Crippen LogP contribution in [0.3, 0.4) is 0 Å². The fourth-order valence-electron chi connectivity index (χ4n) is 3.08. The summed E-state index contributed by atoms with van der Waals surface area (Å²) < 4.78 is 3.03. The number of nitrogens with zero attached hydrogens (tertiary/aromatic N) is 2. The van der Waals surface area contributed by atoms with E-state index >= 15 is 0 Å². The summed E-state index contributed by atoms with van der Waals surface area (Å²) >= 11 is 3.47. The normalized spacial score (nSPS) is 10.5. The lowest BCUT2D eigenvalue weighted by Gasteiger charge is -2.23. The van der Waals surface area contributed by atoms with Crippen molar-refractivity contribution in [1.29, 1.82) is 0 Å². The maximum absolute atomic E-state index is 12.8. The van der Waals surface area contributed by atoms with Crippen molar-refractivity contribution in [2.24, 2.45) is 0 Å². The molecule has 0 fully saturated rings. The topological polar surface area (TPSA) is 37.3 Å². The van der Waals surface area contributed by atoms with Crippen LogP contribution in [0.25, 0.3) is 0 Å². The zero-order valence-electron chi connectivity index (χ0n) is 15.9. The molecule has 0 unspecified atom stereocenters. The van der Waals surface area contributed by atoms with Crippen LogP contribution in [-0.2, 0) is 13.1 Å². The van der Waals surface area contributed by atoms with Gasteiger partial charge in [-0.15, -0.1) is 6.58 Å². The van der Waals surface area contributed by atoms with E-state index in [1.54, 1.807) is 11.0 Å². The summed E-state index contributed by atoms with van der Waals surface area (Å²) in [6.45, 7) is 7.63. The lowest BCUT2D eigenvalue weighted by Crippen LogP contribution is -2.35. The number of aryl methyl sites for hydroxylation is 1. The summed E-state index contributed by atoms with van der Waals surface area (Å²) in [6.07, 6.45) is 3.79. The Kier molecular flexibility index (Phi) is 6.71. The zero-order chi connectivity index (χ0) is 19.9. The van der Waals surface area contributed by atoms with Gasteiger partial charge in [-0.1, -0.05) is 48.0 Å². The van der Waals surface area contributed by atoms with Crippen molar-refractivity contribution in [3.8, 4) is 0 Å².